The topological polar surface area (TPSA) is 58.4 Å². The van der Waals surface area contributed by atoms with Gasteiger partial charge in [0.25, 0.3) is 5.69 Å². The van der Waals surface area contributed by atoms with Crippen molar-refractivity contribution in [2.24, 2.45) is 0 Å². The zero-order valence-corrected chi connectivity index (χ0v) is 11.4. The lowest BCUT2D eigenvalue weighted by Crippen LogP contribution is -2.22. The minimum atomic E-state index is -0.324. The van der Waals surface area contributed by atoms with Gasteiger partial charge in [0.05, 0.1) is 4.92 Å². The summed E-state index contributed by atoms with van der Waals surface area (Å²) in [5, 5.41) is 14.2. The molecule has 1 aliphatic heterocycles. The predicted octanol–water partition coefficient (Wildman–Crippen LogP) is 2.80. The third-order valence-electron chi connectivity index (χ3n) is 3.52. The second-order valence-corrected chi connectivity index (χ2v) is 5.11. The van der Waals surface area contributed by atoms with E-state index in [1.165, 1.54) is 25.9 Å². The Labute approximate surface area is 113 Å². The summed E-state index contributed by atoms with van der Waals surface area (Å²) in [6.45, 7) is 6.12. The minimum absolute atomic E-state index is 0.168. The average Bonchev–Trinajstić information content (AvgIpc) is 2.89. The van der Waals surface area contributed by atoms with Gasteiger partial charge in [-0.1, -0.05) is 6.07 Å². The average molecular weight is 263 g/mol. The molecule has 5 heteroatoms. The summed E-state index contributed by atoms with van der Waals surface area (Å²) in [5.41, 5.74) is 1.70. The quantitative estimate of drug-likeness (QED) is 0.487. The lowest BCUT2D eigenvalue weighted by atomic mass is 10.2. The van der Waals surface area contributed by atoms with Gasteiger partial charge in [0.15, 0.2) is 0 Å². The van der Waals surface area contributed by atoms with Crippen molar-refractivity contribution < 1.29 is 4.92 Å². The number of hydrogen-bond donors (Lipinski definition) is 1. The fourth-order valence-electron chi connectivity index (χ4n) is 2.47. The Bertz CT molecular complexity index is 442. The lowest BCUT2D eigenvalue weighted by Gasteiger charge is -2.14. The van der Waals surface area contributed by atoms with Crippen LogP contribution in [0.2, 0.25) is 0 Å². The van der Waals surface area contributed by atoms with Crippen LogP contribution >= 0.6 is 0 Å². The van der Waals surface area contributed by atoms with Gasteiger partial charge < -0.3 is 10.2 Å². The Kier molecular flexibility index (Phi) is 4.74. The molecule has 0 aromatic heterocycles. The van der Waals surface area contributed by atoms with Crippen LogP contribution in [-0.2, 0) is 0 Å². The summed E-state index contributed by atoms with van der Waals surface area (Å²) < 4.78 is 0. The molecule has 2 rings (SSSR count). The summed E-state index contributed by atoms with van der Waals surface area (Å²) in [7, 11) is 0. The van der Waals surface area contributed by atoms with Gasteiger partial charge in [-0.05, 0) is 57.5 Å². The summed E-state index contributed by atoms with van der Waals surface area (Å²) in [6.07, 6.45) is 3.62. The fraction of sp³-hybridized carbons (Fsp3) is 0.571. The molecule has 0 spiro atoms. The smallest absolute Gasteiger partial charge is 0.292 e. The third-order valence-corrected chi connectivity index (χ3v) is 3.52. The second kappa shape index (κ2) is 6.52. The number of benzene rings is 1. The van der Waals surface area contributed by atoms with Gasteiger partial charge in [0, 0.05) is 12.6 Å². The highest BCUT2D eigenvalue weighted by Gasteiger charge is 2.14. The maximum Gasteiger partial charge on any atom is 0.292 e. The van der Waals surface area contributed by atoms with E-state index in [4.69, 9.17) is 0 Å². The zero-order valence-electron chi connectivity index (χ0n) is 11.4. The second-order valence-electron chi connectivity index (χ2n) is 5.11. The number of nitro groups is 1. The Morgan fingerprint density at radius 1 is 1.37 bits per heavy atom. The van der Waals surface area contributed by atoms with Crippen LogP contribution in [0.25, 0.3) is 0 Å². The van der Waals surface area contributed by atoms with E-state index in [0.717, 1.165) is 25.1 Å². The number of aryl methyl sites for hydroxylation is 1. The van der Waals surface area contributed by atoms with Crippen LogP contribution in [0.4, 0.5) is 11.4 Å². The molecule has 0 bridgehead atoms. The number of nitro benzene ring substituents is 1. The molecule has 0 unspecified atom stereocenters. The monoisotopic (exact) mass is 263 g/mol. The number of hydrogen-bond acceptors (Lipinski definition) is 4. The van der Waals surface area contributed by atoms with Crippen LogP contribution in [-0.4, -0.2) is 36.0 Å². The van der Waals surface area contributed by atoms with E-state index in [2.05, 4.69) is 10.2 Å². The van der Waals surface area contributed by atoms with Crippen molar-refractivity contribution in [1.29, 1.82) is 0 Å². The first-order valence-corrected chi connectivity index (χ1v) is 6.88. The van der Waals surface area contributed by atoms with E-state index in [9.17, 15) is 10.1 Å². The van der Waals surface area contributed by atoms with Gasteiger partial charge in [0.2, 0.25) is 0 Å². The number of anilines is 1. The molecule has 1 aliphatic rings. The Morgan fingerprint density at radius 2 is 2.11 bits per heavy atom. The molecule has 1 heterocycles. The van der Waals surface area contributed by atoms with Gasteiger partial charge >= 0.3 is 0 Å². The molecule has 1 saturated heterocycles. The molecule has 1 aromatic rings. The SMILES string of the molecule is Cc1ccc(NCCCN2CCCC2)c([N+](=O)[O-])c1. The van der Waals surface area contributed by atoms with E-state index in [0.29, 0.717) is 5.69 Å². The number of nitrogens with one attached hydrogen (secondary N) is 1. The highest BCUT2D eigenvalue weighted by atomic mass is 16.6. The molecular formula is C14H21N3O2. The zero-order chi connectivity index (χ0) is 13.7. The molecule has 19 heavy (non-hydrogen) atoms. The maximum absolute atomic E-state index is 11.0. The predicted molar refractivity (Wildman–Crippen MR) is 76.6 cm³/mol. The fourth-order valence-corrected chi connectivity index (χ4v) is 2.47. The highest BCUT2D eigenvalue weighted by molar-refractivity contribution is 5.62. The molecule has 0 saturated carbocycles. The number of nitrogens with zero attached hydrogens (tertiary/aromatic N) is 2. The van der Waals surface area contributed by atoms with Crippen LogP contribution in [0.1, 0.15) is 24.8 Å². The van der Waals surface area contributed by atoms with Crippen LogP contribution in [0.3, 0.4) is 0 Å². The minimum Gasteiger partial charge on any atom is -0.379 e. The Morgan fingerprint density at radius 3 is 2.79 bits per heavy atom. The van der Waals surface area contributed by atoms with Crippen LogP contribution in [0, 0.1) is 17.0 Å². The first kappa shape index (κ1) is 13.8. The van der Waals surface area contributed by atoms with Gasteiger partial charge in [0.1, 0.15) is 5.69 Å². The molecule has 0 aliphatic carbocycles. The molecule has 0 amide bonds. The van der Waals surface area contributed by atoms with Crippen LogP contribution < -0.4 is 5.32 Å². The Hall–Kier alpha value is -1.62. The third kappa shape index (κ3) is 3.92. The molecule has 104 valence electrons. The first-order chi connectivity index (χ1) is 9.16. The van der Waals surface area contributed by atoms with Crippen molar-refractivity contribution >= 4 is 11.4 Å². The summed E-state index contributed by atoms with van der Waals surface area (Å²) in [6, 6.07) is 5.31. The summed E-state index contributed by atoms with van der Waals surface area (Å²) >= 11 is 0. The molecule has 0 radical (unpaired) electrons. The van der Waals surface area contributed by atoms with Crippen LogP contribution in [0.15, 0.2) is 18.2 Å². The molecule has 1 N–H and O–H groups in total. The van der Waals surface area contributed by atoms with Crippen molar-refractivity contribution in [2.75, 3.05) is 31.5 Å². The van der Waals surface area contributed by atoms with Crippen LogP contribution in [0.5, 0.6) is 0 Å². The number of rotatable bonds is 6. The van der Waals surface area contributed by atoms with Gasteiger partial charge in [-0.3, -0.25) is 10.1 Å². The molecular weight excluding hydrogens is 242 g/mol. The highest BCUT2D eigenvalue weighted by Crippen LogP contribution is 2.25. The van der Waals surface area contributed by atoms with E-state index < -0.39 is 0 Å². The standard InChI is InChI=1S/C14H21N3O2/c1-12-5-6-13(14(11-12)17(18)19)15-7-4-10-16-8-2-3-9-16/h5-6,11,15H,2-4,7-10H2,1H3. The molecule has 1 fully saturated rings. The molecule has 0 atom stereocenters. The van der Waals surface area contributed by atoms with Gasteiger partial charge in [-0.25, -0.2) is 0 Å². The van der Waals surface area contributed by atoms with Gasteiger partial charge in [-0.2, -0.15) is 0 Å². The van der Waals surface area contributed by atoms with Crippen molar-refractivity contribution in [3.8, 4) is 0 Å². The lowest BCUT2D eigenvalue weighted by molar-refractivity contribution is -0.384. The number of likely N-dealkylation sites (tertiary alicyclic amines) is 1. The van der Waals surface area contributed by atoms with Crippen molar-refractivity contribution in [1.82, 2.24) is 4.90 Å². The summed E-state index contributed by atoms with van der Waals surface area (Å²) in [4.78, 5) is 13.1. The van der Waals surface area contributed by atoms with E-state index in [-0.39, 0.29) is 10.6 Å². The summed E-state index contributed by atoms with van der Waals surface area (Å²) in [5.74, 6) is 0. The van der Waals surface area contributed by atoms with Crippen molar-refractivity contribution in [3.05, 3.63) is 33.9 Å². The van der Waals surface area contributed by atoms with Gasteiger partial charge in [-0.15, -0.1) is 0 Å². The van der Waals surface area contributed by atoms with Crippen molar-refractivity contribution in [3.63, 3.8) is 0 Å². The molecule has 5 nitrogen and oxygen atoms in total. The maximum atomic E-state index is 11.0. The Balaban J connectivity index is 1.83. The molecule has 1 aromatic carbocycles. The largest absolute Gasteiger partial charge is 0.379 e. The van der Waals surface area contributed by atoms with E-state index in [1.807, 2.05) is 13.0 Å². The first-order valence-electron chi connectivity index (χ1n) is 6.88. The van der Waals surface area contributed by atoms with Crippen molar-refractivity contribution in [2.45, 2.75) is 26.2 Å². The normalized spacial score (nSPS) is 15.6. The van der Waals surface area contributed by atoms with E-state index in [1.54, 1.807) is 12.1 Å². The van der Waals surface area contributed by atoms with E-state index >= 15 is 0 Å².